The average Bonchev–Trinajstić information content (AvgIpc) is 2.42. The minimum atomic E-state index is 0.429. The van der Waals surface area contributed by atoms with Crippen LogP contribution in [0.3, 0.4) is 0 Å². The fraction of sp³-hybridized carbons (Fsp3) is 1.00. The lowest BCUT2D eigenvalue weighted by Gasteiger charge is -2.23. The lowest BCUT2D eigenvalue weighted by molar-refractivity contribution is 0.304. The Bertz CT molecular complexity index is 181. The van der Waals surface area contributed by atoms with Gasteiger partial charge in [0.1, 0.15) is 0 Å². The first kappa shape index (κ1) is 10.4. The molecule has 1 saturated carbocycles. The highest BCUT2D eigenvalue weighted by Gasteiger charge is 2.35. The van der Waals surface area contributed by atoms with E-state index in [9.17, 15) is 0 Å². The molecule has 0 amide bonds. The molecule has 1 saturated heterocycles. The maximum absolute atomic E-state index is 3.74. The van der Waals surface area contributed by atoms with Gasteiger partial charge in [-0.1, -0.05) is 33.6 Å². The molecule has 2 atom stereocenters. The molecular weight excluding hydrogens is 172 g/mol. The van der Waals surface area contributed by atoms with E-state index in [1.807, 2.05) is 0 Å². The molecule has 2 aliphatic rings. The molecule has 2 unspecified atom stereocenters. The summed E-state index contributed by atoms with van der Waals surface area (Å²) >= 11 is 0. The summed E-state index contributed by atoms with van der Waals surface area (Å²) in [5.41, 5.74) is 0.429. The molecule has 0 aromatic rings. The second-order valence-corrected chi connectivity index (χ2v) is 6.15. The number of hydrogen-bond donors (Lipinski definition) is 2. The highest BCUT2D eigenvalue weighted by Crippen LogP contribution is 2.27. The second-order valence-electron chi connectivity index (χ2n) is 6.15. The monoisotopic (exact) mass is 196 g/mol. The molecule has 2 N–H and O–H groups in total. The Hall–Kier alpha value is -0.0800. The molecule has 1 aliphatic carbocycles. The van der Waals surface area contributed by atoms with E-state index >= 15 is 0 Å². The summed E-state index contributed by atoms with van der Waals surface area (Å²) < 4.78 is 0. The zero-order valence-electron chi connectivity index (χ0n) is 9.77. The van der Waals surface area contributed by atoms with Gasteiger partial charge in [0.25, 0.3) is 0 Å². The number of hydrogen-bond acceptors (Lipinski definition) is 2. The third-order valence-electron chi connectivity index (χ3n) is 3.41. The van der Waals surface area contributed by atoms with Gasteiger partial charge in [-0.25, -0.2) is 0 Å². The first-order chi connectivity index (χ1) is 6.54. The predicted octanol–water partition coefficient (Wildman–Crippen LogP) is 2.25. The van der Waals surface area contributed by atoms with E-state index in [1.54, 1.807) is 0 Å². The Balaban J connectivity index is 1.87. The van der Waals surface area contributed by atoms with Crippen molar-refractivity contribution in [1.29, 1.82) is 0 Å². The molecule has 1 aliphatic heterocycles. The molecule has 0 bridgehead atoms. The van der Waals surface area contributed by atoms with Gasteiger partial charge in [-0.3, -0.25) is 10.6 Å². The van der Waals surface area contributed by atoms with E-state index in [-0.39, 0.29) is 0 Å². The fourth-order valence-electron chi connectivity index (χ4n) is 2.83. The van der Waals surface area contributed by atoms with E-state index < -0.39 is 0 Å². The van der Waals surface area contributed by atoms with Crippen LogP contribution in [-0.4, -0.2) is 18.2 Å². The molecule has 14 heavy (non-hydrogen) atoms. The Morgan fingerprint density at radius 1 is 1.00 bits per heavy atom. The van der Waals surface area contributed by atoms with Crippen LogP contribution in [0.2, 0.25) is 0 Å². The summed E-state index contributed by atoms with van der Waals surface area (Å²) in [6, 6.07) is 1.52. The van der Waals surface area contributed by atoms with Gasteiger partial charge >= 0.3 is 0 Å². The van der Waals surface area contributed by atoms with E-state index in [0.29, 0.717) is 11.6 Å². The third-order valence-corrected chi connectivity index (χ3v) is 3.41. The molecule has 0 radical (unpaired) electrons. The fourth-order valence-corrected chi connectivity index (χ4v) is 2.83. The van der Waals surface area contributed by atoms with Gasteiger partial charge in [0.05, 0.1) is 6.17 Å². The maximum Gasteiger partial charge on any atom is 0.0582 e. The Labute approximate surface area is 87.8 Å². The molecule has 1 heterocycles. The summed E-state index contributed by atoms with van der Waals surface area (Å²) in [4.78, 5) is 0. The third kappa shape index (κ3) is 2.48. The van der Waals surface area contributed by atoms with Gasteiger partial charge in [0.2, 0.25) is 0 Å². The summed E-state index contributed by atoms with van der Waals surface area (Å²) in [6.45, 7) is 6.95. The summed E-state index contributed by atoms with van der Waals surface area (Å²) in [5.74, 6) is 0. The van der Waals surface area contributed by atoms with Gasteiger partial charge in [0.15, 0.2) is 0 Å². The largest absolute Gasteiger partial charge is 0.298 e. The van der Waals surface area contributed by atoms with Crippen LogP contribution in [0.25, 0.3) is 0 Å². The minimum absolute atomic E-state index is 0.429. The van der Waals surface area contributed by atoms with Gasteiger partial charge in [-0.2, -0.15) is 0 Å². The Kier molecular flexibility index (Phi) is 2.85. The van der Waals surface area contributed by atoms with E-state index in [1.165, 1.54) is 32.1 Å². The van der Waals surface area contributed by atoms with Crippen molar-refractivity contribution in [2.45, 2.75) is 71.1 Å². The quantitative estimate of drug-likeness (QED) is 0.672. The molecule has 2 rings (SSSR count). The molecule has 0 spiro atoms. The second kappa shape index (κ2) is 3.82. The zero-order chi connectivity index (χ0) is 10.2. The van der Waals surface area contributed by atoms with Crippen LogP contribution < -0.4 is 10.6 Å². The van der Waals surface area contributed by atoms with Crippen molar-refractivity contribution in [3.63, 3.8) is 0 Å². The first-order valence-electron chi connectivity index (χ1n) is 6.07. The molecule has 82 valence electrons. The van der Waals surface area contributed by atoms with Crippen LogP contribution in [0.1, 0.15) is 52.9 Å². The molecule has 2 nitrogen and oxygen atoms in total. The van der Waals surface area contributed by atoms with Crippen LogP contribution in [0.5, 0.6) is 0 Å². The van der Waals surface area contributed by atoms with Crippen LogP contribution >= 0.6 is 0 Å². The van der Waals surface area contributed by atoms with Crippen LogP contribution in [0.4, 0.5) is 0 Å². The zero-order valence-corrected chi connectivity index (χ0v) is 9.77. The highest BCUT2D eigenvalue weighted by atomic mass is 15.2. The molecular formula is C12H24N2. The Morgan fingerprint density at radius 2 is 1.50 bits per heavy atom. The SMILES string of the molecule is CC(C)(C)CC1NC2CCCCC2N1. The van der Waals surface area contributed by atoms with Crippen molar-refractivity contribution < 1.29 is 0 Å². The summed E-state index contributed by atoms with van der Waals surface area (Å²) in [5, 5.41) is 7.48. The molecule has 2 fully saturated rings. The number of rotatable bonds is 1. The average molecular weight is 196 g/mol. The summed E-state index contributed by atoms with van der Waals surface area (Å²) in [7, 11) is 0. The topological polar surface area (TPSA) is 24.1 Å². The van der Waals surface area contributed by atoms with Gasteiger partial charge in [0, 0.05) is 12.1 Å². The van der Waals surface area contributed by atoms with Crippen LogP contribution in [0.15, 0.2) is 0 Å². The molecule has 0 aromatic carbocycles. The number of nitrogens with one attached hydrogen (secondary N) is 2. The van der Waals surface area contributed by atoms with Gasteiger partial charge in [-0.05, 0) is 24.7 Å². The van der Waals surface area contributed by atoms with Gasteiger partial charge < -0.3 is 0 Å². The van der Waals surface area contributed by atoms with Crippen molar-refractivity contribution >= 4 is 0 Å². The van der Waals surface area contributed by atoms with Gasteiger partial charge in [-0.15, -0.1) is 0 Å². The lowest BCUT2D eigenvalue weighted by atomic mass is 9.91. The lowest BCUT2D eigenvalue weighted by Crippen LogP contribution is -2.36. The molecule has 2 heteroatoms. The van der Waals surface area contributed by atoms with Crippen LogP contribution in [-0.2, 0) is 0 Å². The highest BCUT2D eigenvalue weighted by molar-refractivity contribution is 4.96. The number of fused-ring (bicyclic) bond motifs is 1. The predicted molar refractivity (Wildman–Crippen MR) is 60.2 cm³/mol. The Morgan fingerprint density at radius 3 is 1.93 bits per heavy atom. The van der Waals surface area contributed by atoms with Crippen molar-refractivity contribution in [2.75, 3.05) is 0 Å². The van der Waals surface area contributed by atoms with Crippen molar-refractivity contribution in [1.82, 2.24) is 10.6 Å². The van der Waals surface area contributed by atoms with Crippen molar-refractivity contribution in [3.8, 4) is 0 Å². The first-order valence-corrected chi connectivity index (χ1v) is 6.07. The van der Waals surface area contributed by atoms with Crippen LogP contribution in [0, 0.1) is 5.41 Å². The normalized spacial score (nSPS) is 38.4. The minimum Gasteiger partial charge on any atom is -0.298 e. The standard InChI is InChI=1S/C12H24N2/c1-12(2,3)8-11-13-9-6-4-5-7-10(9)14-11/h9-11,13-14H,4-8H2,1-3H3. The van der Waals surface area contributed by atoms with E-state index in [2.05, 4.69) is 31.4 Å². The maximum atomic E-state index is 3.74. The van der Waals surface area contributed by atoms with Crippen molar-refractivity contribution in [3.05, 3.63) is 0 Å². The van der Waals surface area contributed by atoms with E-state index in [4.69, 9.17) is 0 Å². The van der Waals surface area contributed by atoms with E-state index in [0.717, 1.165) is 12.1 Å². The smallest absolute Gasteiger partial charge is 0.0582 e. The van der Waals surface area contributed by atoms with Crippen molar-refractivity contribution in [2.24, 2.45) is 5.41 Å². The summed E-state index contributed by atoms with van der Waals surface area (Å²) in [6.07, 6.45) is 7.37. The molecule has 0 aromatic heterocycles.